The van der Waals surface area contributed by atoms with E-state index in [1.54, 1.807) is 24.5 Å². The summed E-state index contributed by atoms with van der Waals surface area (Å²) in [5.41, 5.74) is 1.71. The number of nitrogens with one attached hydrogen (secondary N) is 2. The molecule has 0 saturated heterocycles. The Morgan fingerprint density at radius 2 is 2.16 bits per heavy atom. The van der Waals surface area contributed by atoms with Gasteiger partial charge in [0.1, 0.15) is 0 Å². The Bertz CT molecular complexity index is 560. The van der Waals surface area contributed by atoms with Crippen LogP contribution in [0.25, 0.3) is 0 Å². The fourth-order valence-electron chi connectivity index (χ4n) is 1.66. The highest BCUT2D eigenvalue weighted by atomic mass is 79.9. The summed E-state index contributed by atoms with van der Waals surface area (Å²) in [4.78, 5) is 15.8. The van der Waals surface area contributed by atoms with Gasteiger partial charge in [-0.25, -0.2) is 4.79 Å². The number of halogens is 1. The van der Waals surface area contributed by atoms with Gasteiger partial charge in [0, 0.05) is 10.7 Å². The van der Waals surface area contributed by atoms with Crippen LogP contribution >= 0.6 is 15.9 Å². The van der Waals surface area contributed by atoms with E-state index in [1.807, 2.05) is 31.2 Å². The molecule has 1 heterocycles. The van der Waals surface area contributed by atoms with E-state index in [4.69, 9.17) is 0 Å². The molecule has 2 aromatic rings. The van der Waals surface area contributed by atoms with Crippen molar-refractivity contribution < 1.29 is 4.79 Å². The molecular weight excluding hydrogens is 306 g/mol. The third-order valence-electron chi connectivity index (χ3n) is 2.62. The quantitative estimate of drug-likeness (QED) is 0.905. The number of hydrogen-bond acceptors (Lipinski definition) is 2. The molecule has 19 heavy (non-hydrogen) atoms. The van der Waals surface area contributed by atoms with Crippen LogP contribution in [0.4, 0.5) is 10.5 Å². The Morgan fingerprint density at radius 1 is 1.32 bits per heavy atom. The van der Waals surface area contributed by atoms with E-state index in [1.165, 1.54) is 0 Å². The van der Waals surface area contributed by atoms with E-state index >= 15 is 0 Å². The van der Waals surface area contributed by atoms with Crippen LogP contribution < -0.4 is 10.6 Å². The minimum atomic E-state index is -0.250. The minimum Gasteiger partial charge on any atom is -0.331 e. The molecule has 0 aliphatic carbocycles. The van der Waals surface area contributed by atoms with Crippen molar-refractivity contribution >= 4 is 27.6 Å². The fraction of sp³-hybridized carbons (Fsp3) is 0.143. The van der Waals surface area contributed by atoms with Crippen molar-refractivity contribution in [2.75, 3.05) is 5.32 Å². The fourth-order valence-corrected chi connectivity index (χ4v) is 2.08. The average molecular weight is 320 g/mol. The van der Waals surface area contributed by atoms with Crippen LogP contribution in [0.15, 0.2) is 53.3 Å². The number of nitrogens with zero attached hydrogens (tertiary/aromatic N) is 1. The van der Waals surface area contributed by atoms with Crippen LogP contribution in [0, 0.1) is 0 Å². The lowest BCUT2D eigenvalue weighted by molar-refractivity contribution is 0.249. The van der Waals surface area contributed by atoms with Gasteiger partial charge in [-0.1, -0.05) is 28.1 Å². The molecule has 2 rings (SSSR count). The number of amides is 2. The number of pyridine rings is 1. The number of rotatable bonds is 3. The number of hydrogen-bond donors (Lipinski definition) is 2. The van der Waals surface area contributed by atoms with Gasteiger partial charge >= 0.3 is 6.03 Å². The van der Waals surface area contributed by atoms with E-state index in [-0.39, 0.29) is 12.1 Å². The Balaban J connectivity index is 1.95. The second-order valence-corrected chi connectivity index (χ2v) is 5.03. The summed E-state index contributed by atoms with van der Waals surface area (Å²) < 4.78 is 0.992. The molecular formula is C14H14BrN3O. The van der Waals surface area contributed by atoms with E-state index < -0.39 is 0 Å². The van der Waals surface area contributed by atoms with Crippen molar-refractivity contribution in [3.8, 4) is 0 Å². The van der Waals surface area contributed by atoms with Crippen molar-refractivity contribution in [3.63, 3.8) is 0 Å². The van der Waals surface area contributed by atoms with Crippen molar-refractivity contribution in [2.24, 2.45) is 0 Å². The summed E-state index contributed by atoms with van der Waals surface area (Å²) in [6.07, 6.45) is 3.26. The molecule has 2 N–H and O–H groups in total. The van der Waals surface area contributed by atoms with Crippen LogP contribution in [-0.2, 0) is 0 Å². The maximum Gasteiger partial charge on any atom is 0.319 e. The molecule has 0 spiro atoms. The summed E-state index contributed by atoms with van der Waals surface area (Å²) in [6, 6.07) is 11.1. The highest BCUT2D eigenvalue weighted by molar-refractivity contribution is 9.10. The molecule has 1 unspecified atom stereocenters. The summed E-state index contributed by atoms with van der Waals surface area (Å²) in [5.74, 6) is 0. The Labute approximate surface area is 120 Å². The van der Waals surface area contributed by atoms with Gasteiger partial charge in [-0.3, -0.25) is 4.98 Å². The average Bonchev–Trinajstić information content (AvgIpc) is 2.39. The molecule has 1 aromatic carbocycles. The smallest absolute Gasteiger partial charge is 0.319 e. The van der Waals surface area contributed by atoms with Crippen molar-refractivity contribution in [1.82, 2.24) is 10.3 Å². The van der Waals surface area contributed by atoms with Crippen LogP contribution in [0.5, 0.6) is 0 Å². The summed E-state index contributed by atoms with van der Waals surface area (Å²) in [5, 5.41) is 5.61. The van der Waals surface area contributed by atoms with Gasteiger partial charge in [0.05, 0.1) is 17.9 Å². The van der Waals surface area contributed by atoms with Crippen LogP contribution in [0.1, 0.15) is 18.5 Å². The van der Waals surface area contributed by atoms with Crippen molar-refractivity contribution in [2.45, 2.75) is 13.0 Å². The predicted octanol–water partition coefficient (Wildman–Crippen LogP) is 3.73. The lowest BCUT2D eigenvalue weighted by Gasteiger charge is -2.15. The monoisotopic (exact) mass is 319 g/mol. The number of anilines is 1. The van der Waals surface area contributed by atoms with Gasteiger partial charge in [-0.15, -0.1) is 0 Å². The van der Waals surface area contributed by atoms with Crippen molar-refractivity contribution in [3.05, 3.63) is 58.8 Å². The summed E-state index contributed by atoms with van der Waals surface area (Å²) in [7, 11) is 0. The first kappa shape index (κ1) is 13.5. The second kappa shape index (κ2) is 6.33. The van der Waals surface area contributed by atoms with Gasteiger partial charge in [0.2, 0.25) is 0 Å². The molecule has 98 valence electrons. The maximum absolute atomic E-state index is 11.8. The number of carbonyl (C=O) groups excluding carboxylic acids is 1. The summed E-state index contributed by atoms with van der Waals surface area (Å²) >= 11 is 3.41. The van der Waals surface area contributed by atoms with Gasteiger partial charge in [0.25, 0.3) is 0 Å². The van der Waals surface area contributed by atoms with Gasteiger partial charge in [-0.2, -0.15) is 0 Å². The molecule has 0 aliphatic heterocycles. The zero-order valence-electron chi connectivity index (χ0n) is 10.4. The number of aromatic nitrogens is 1. The molecule has 1 atom stereocenters. The van der Waals surface area contributed by atoms with Crippen molar-refractivity contribution in [1.29, 1.82) is 0 Å². The second-order valence-electron chi connectivity index (χ2n) is 4.12. The first-order chi connectivity index (χ1) is 9.15. The van der Waals surface area contributed by atoms with E-state index in [0.717, 1.165) is 10.0 Å². The Kier molecular flexibility index (Phi) is 4.52. The largest absolute Gasteiger partial charge is 0.331 e. The molecule has 0 radical (unpaired) electrons. The van der Waals surface area contributed by atoms with Crippen LogP contribution in [-0.4, -0.2) is 11.0 Å². The van der Waals surface area contributed by atoms with E-state index in [0.29, 0.717) is 5.69 Å². The first-order valence-corrected chi connectivity index (χ1v) is 6.67. The normalized spacial score (nSPS) is 11.7. The molecule has 0 aliphatic rings. The van der Waals surface area contributed by atoms with Crippen LogP contribution in [0.3, 0.4) is 0 Å². The molecule has 0 fully saturated rings. The SMILES string of the molecule is CC(NC(=O)Nc1cccnc1)c1cccc(Br)c1. The number of benzene rings is 1. The highest BCUT2D eigenvalue weighted by Crippen LogP contribution is 2.17. The topological polar surface area (TPSA) is 54.0 Å². The molecule has 0 bridgehead atoms. The zero-order valence-corrected chi connectivity index (χ0v) is 12.0. The van der Waals surface area contributed by atoms with Crippen LogP contribution in [0.2, 0.25) is 0 Å². The standard InChI is InChI=1S/C14H14BrN3O/c1-10(11-4-2-5-12(15)8-11)17-14(19)18-13-6-3-7-16-9-13/h2-10H,1H3,(H2,17,18,19). The highest BCUT2D eigenvalue weighted by Gasteiger charge is 2.09. The lowest BCUT2D eigenvalue weighted by Crippen LogP contribution is -2.31. The van der Waals surface area contributed by atoms with Gasteiger partial charge < -0.3 is 10.6 Å². The third-order valence-corrected chi connectivity index (χ3v) is 3.11. The third kappa shape index (κ3) is 4.06. The first-order valence-electron chi connectivity index (χ1n) is 5.88. The number of carbonyl (C=O) groups is 1. The molecule has 0 saturated carbocycles. The maximum atomic E-state index is 11.8. The predicted molar refractivity (Wildman–Crippen MR) is 78.9 cm³/mol. The Morgan fingerprint density at radius 3 is 2.84 bits per heavy atom. The van der Waals surface area contributed by atoms with Gasteiger partial charge in [0.15, 0.2) is 0 Å². The number of urea groups is 1. The minimum absolute atomic E-state index is 0.0748. The van der Waals surface area contributed by atoms with Gasteiger partial charge in [-0.05, 0) is 36.8 Å². The Hall–Kier alpha value is -1.88. The zero-order chi connectivity index (χ0) is 13.7. The van der Waals surface area contributed by atoms with E-state index in [9.17, 15) is 4.79 Å². The molecule has 5 heteroatoms. The lowest BCUT2D eigenvalue weighted by atomic mass is 10.1. The molecule has 2 amide bonds. The molecule has 4 nitrogen and oxygen atoms in total. The summed E-state index contributed by atoms with van der Waals surface area (Å²) in [6.45, 7) is 1.94. The van der Waals surface area contributed by atoms with E-state index in [2.05, 4.69) is 31.5 Å². The molecule has 1 aromatic heterocycles.